The van der Waals surface area contributed by atoms with Gasteiger partial charge in [-0.05, 0) is 24.1 Å². The predicted octanol–water partition coefficient (Wildman–Crippen LogP) is 4.46. The van der Waals surface area contributed by atoms with E-state index >= 15 is 4.39 Å². The molecule has 0 unspecified atom stereocenters. The molecule has 0 N–H and O–H groups in total. The van der Waals surface area contributed by atoms with Crippen molar-refractivity contribution in [3.8, 4) is 11.1 Å². The van der Waals surface area contributed by atoms with E-state index in [1.54, 1.807) is 30.0 Å². The topological polar surface area (TPSA) is 49.3 Å². The first-order valence-corrected chi connectivity index (χ1v) is 10.2. The third-order valence-corrected chi connectivity index (χ3v) is 5.85. The summed E-state index contributed by atoms with van der Waals surface area (Å²) in [5, 5.41) is 0.577. The zero-order valence-corrected chi connectivity index (χ0v) is 17.5. The number of fused-ring (bicyclic) bond motifs is 1. The Morgan fingerprint density at radius 3 is 2.53 bits per heavy atom. The maximum atomic E-state index is 15.6. The molecule has 156 valence electrons. The zero-order chi connectivity index (χ0) is 21.4. The second-order valence-electron chi connectivity index (χ2n) is 7.26. The van der Waals surface area contributed by atoms with E-state index in [0.29, 0.717) is 49.4 Å². The molecule has 0 spiro atoms. The molecule has 2 heterocycles. The lowest BCUT2D eigenvalue weighted by Crippen LogP contribution is -2.48. The number of aromatic nitrogens is 2. The van der Waals surface area contributed by atoms with Crippen LogP contribution in [0, 0.1) is 11.6 Å². The van der Waals surface area contributed by atoms with Crippen molar-refractivity contribution in [3.05, 3.63) is 52.8 Å². The minimum absolute atomic E-state index is 0.0187. The maximum Gasteiger partial charge on any atom is 0.219 e. The van der Waals surface area contributed by atoms with E-state index in [-0.39, 0.29) is 27.6 Å². The summed E-state index contributed by atoms with van der Waals surface area (Å²) >= 11 is 6.49. The standard InChI is InChI=1S/C22H21ClF2N4O/c1-3-14-5-4-6-17(24)18(14)19-16(23)11-15-21(20(19)25)26-12-27-22(15)29-9-7-28(8-10-29)13(2)30/h4-6,11-12H,3,7-10H2,1-2H3. The van der Waals surface area contributed by atoms with E-state index in [9.17, 15) is 9.18 Å². The highest BCUT2D eigenvalue weighted by atomic mass is 35.5. The Balaban J connectivity index is 1.83. The van der Waals surface area contributed by atoms with Crippen LogP contribution in [0.15, 0.2) is 30.6 Å². The Labute approximate surface area is 178 Å². The number of hydrogen-bond donors (Lipinski definition) is 0. The summed E-state index contributed by atoms with van der Waals surface area (Å²) in [6.07, 6.45) is 1.84. The number of amides is 1. The molecule has 1 aliphatic heterocycles. The first-order valence-electron chi connectivity index (χ1n) is 9.83. The largest absolute Gasteiger partial charge is 0.352 e. The van der Waals surface area contributed by atoms with Crippen molar-refractivity contribution >= 4 is 34.2 Å². The van der Waals surface area contributed by atoms with Gasteiger partial charge < -0.3 is 9.80 Å². The molecule has 0 bridgehead atoms. The smallest absolute Gasteiger partial charge is 0.219 e. The number of nitrogens with zero attached hydrogens (tertiary/aromatic N) is 4. The van der Waals surface area contributed by atoms with E-state index in [4.69, 9.17) is 11.6 Å². The average Bonchev–Trinajstić information content (AvgIpc) is 2.74. The highest BCUT2D eigenvalue weighted by Gasteiger charge is 2.25. The molecule has 1 amide bonds. The van der Waals surface area contributed by atoms with Crippen molar-refractivity contribution < 1.29 is 13.6 Å². The van der Waals surface area contributed by atoms with Gasteiger partial charge in [0.05, 0.1) is 5.02 Å². The van der Waals surface area contributed by atoms with Crippen LogP contribution in [0.1, 0.15) is 19.4 Å². The molecule has 4 rings (SSSR count). The highest BCUT2D eigenvalue weighted by molar-refractivity contribution is 6.34. The molecule has 2 aromatic carbocycles. The number of hydrogen-bond acceptors (Lipinski definition) is 4. The lowest BCUT2D eigenvalue weighted by atomic mass is 9.95. The van der Waals surface area contributed by atoms with Crippen LogP contribution < -0.4 is 4.90 Å². The normalized spacial score (nSPS) is 14.4. The Morgan fingerprint density at radius 1 is 1.13 bits per heavy atom. The Hall–Kier alpha value is -2.80. The van der Waals surface area contributed by atoms with Crippen molar-refractivity contribution in [2.75, 3.05) is 31.1 Å². The Kier molecular flexibility index (Phi) is 5.56. The molecule has 30 heavy (non-hydrogen) atoms. The first kappa shape index (κ1) is 20.5. The fourth-order valence-corrected chi connectivity index (χ4v) is 4.26. The van der Waals surface area contributed by atoms with Crippen LogP contribution in [-0.2, 0) is 11.2 Å². The number of aryl methyl sites for hydroxylation is 1. The van der Waals surface area contributed by atoms with Gasteiger partial charge in [-0.15, -0.1) is 0 Å². The molecule has 0 radical (unpaired) electrons. The molecule has 5 nitrogen and oxygen atoms in total. The van der Waals surface area contributed by atoms with Crippen LogP contribution in [0.4, 0.5) is 14.6 Å². The Morgan fingerprint density at radius 2 is 1.87 bits per heavy atom. The number of carbonyl (C=O) groups is 1. The number of benzene rings is 2. The number of carbonyl (C=O) groups excluding carboxylic acids is 1. The fourth-order valence-electron chi connectivity index (χ4n) is 3.97. The summed E-state index contributed by atoms with van der Waals surface area (Å²) in [6.45, 7) is 5.68. The summed E-state index contributed by atoms with van der Waals surface area (Å²) in [7, 11) is 0. The molecule has 1 fully saturated rings. The average molecular weight is 431 g/mol. The lowest BCUT2D eigenvalue weighted by molar-refractivity contribution is -0.129. The molecule has 1 aliphatic rings. The minimum Gasteiger partial charge on any atom is -0.352 e. The van der Waals surface area contributed by atoms with E-state index in [1.807, 2.05) is 11.8 Å². The van der Waals surface area contributed by atoms with Crippen LogP contribution in [0.25, 0.3) is 22.0 Å². The van der Waals surface area contributed by atoms with Crippen molar-refractivity contribution in [3.63, 3.8) is 0 Å². The highest BCUT2D eigenvalue weighted by Crippen LogP contribution is 2.40. The van der Waals surface area contributed by atoms with Gasteiger partial charge in [0.2, 0.25) is 5.91 Å². The minimum atomic E-state index is -0.664. The number of piperazine rings is 1. The predicted molar refractivity (Wildman–Crippen MR) is 114 cm³/mol. The van der Waals surface area contributed by atoms with Gasteiger partial charge in [0, 0.05) is 49.6 Å². The fraction of sp³-hybridized carbons (Fsp3) is 0.318. The molecule has 0 atom stereocenters. The van der Waals surface area contributed by atoms with Gasteiger partial charge in [0.1, 0.15) is 23.5 Å². The maximum absolute atomic E-state index is 15.6. The van der Waals surface area contributed by atoms with Crippen molar-refractivity contribution in [2.24, 2.45) is 0 Å². The lowest BCUT2D eigenvalue weighted by Gasteiger charge is -2.35. The van der Waals surface area contributed by atoms with Crippen LogP contribution in [0.5, 0.6) is 0 Å². The van der Waals surface area contributed by atoms with Gasteiger partial charge in [-0.2, -0.15) is 0 Å². The summed E-state index contributed by atoms with van der Waals surface area (Å²) in [4.78, 5) is 23.8. The molecule has 0 saturated carbocycles. The van der Waals surface area contributed by atoms with Gasteiger partial charge >= 0.3 is 0 Å². The monoisotopic (exact) mass is 430 g/mol. The van der Waals surface area contributed by atoms with Crippen molar-refractivity contribution in [1.29, 1.82) is 0 Å². The molecule has 0 aliphatic carbocycles. The second kappa shape index (κ2) is 8.14. The van der Waals surface area contributed by atoms with Gasteiger partial charge in [-0.3, -0.25) is 4.79 Å². The second-order valence-corrected chi connectivity index (χ2v) is 7.67. The molecular weight excluding hydrogens is 410 g/mol. The van der Waals surface area contributed by atoms with Gasteiger partial charge in [-0.1, -0.05) is 30.7 Å². The number of halogens is 3. The van der Waals surface area contributed by atoms with E-state index < -0.39 is 11.6 Å². The van der Waals surface area contributed by atoms with Gasteiger partial charge in [0.15, 0.2) is 5.82 Å². The zero-order valence-electron chi connectivity index (χ0n) is 16.8. The Bertz CT molecular complexity index is 1130. The van der Waals surface area contributed by atoms with Crippen LogP contribution >= 0.6 is 11.6 Å². The van der Waals surface area contributed by atoms with Crippen molar-refractivity contribution in [2.45, 2.75) is 20.3 Å². The number of anilines is 1. The first-order chi connectivity index (χ1) is 14.4. The molecular formula is C22H21ClF2N4O. The van der Waals surface area contributed by atoms with E-state index in [2.05, 4.69) is 9.97 Å². The third-order valence-electron chi connectivity index (χ3n) is 5.56. The number of rotatable bonds is 3. The van der Waals surface area contributed by atoms with E-state index in [0.717, 1.165) is 0 Å². The van der Waals surface area contributed by atoms with E-state index in [1.165, 1.54) is 12.4 Å². The summed E-state index contributed by atoms with van der Waals surface area (Å²) in [5.41, 5.74) is 0.952. The van der Waals surface area contributed by atoms with Gasteiger partial charge in [-0.25, -0.2) is 18.7 Å². The molecule has 1 saturated heterocycles. The molecule has 1 aromatic heterocycles. The summed E-state index contributed by atoms with van der Waals surface area (Å²) < 4.78 is 30.3. The summed E-state index contributed by atoms with van der Waals surface area (Å²) in [5.74, 6) is -0.607. The quantitative estimate of drug-likeness (QED) is 0.615. The van der Waals surface area contributed by atoms with Crippen LogP contribution in [0.2, 0.25) is 5.02 Å². The van der Waals surface area contributed by atoms with Crippen LogP contribution in [-0.4, -0.2) is 47.0 Å². The SMILES string of the molecule is CCc1cccc(F)c1-c1c(Cl)cc2c(N3CCN(C(C)=O)CC3)ncnc2c1F. The summed E-state index contributed by atoms with van der Waals surface area (Å²) in [6, 6.07) is 6.27. The third kappa shape index (κ3) is 3.47. The molecule has 8 heteroatoms. The van der Waals surface area contributed by atoms with Gasteiger partial charge in [0.25, 0.3) is 0 Å². The van der Waals surface area contributed by atoms with Crippen LogP contribution in [0.3, 0.4) is 0 Å². The van der Waals surface area contributed by atoms with Crippen molar-refractivity contribution in [1.82, 2.24) is 14.9 Å². The molecule has 3 aromatic rings.